The molecule has 114 valence electrons. The summed E-state index contributed by atoms with van der Waals surface area (Å²) in [5.74, 6) is 0.666. The van der Waals surface area contributed by atoms with Crippen molar-refractivity contribution in [2.45, 2.75) is 45.6 Å². The van der Waals surface area contributed by atoms with Gasteiger partial charge in [0, 0.05) is 0 Å². The maximum atomic E-state index is 6.51. The summed E-state index contributed by atoms with van der Waals surface area (Å²) in [4.78, 5) is 0. The summed E-state index contributed by atoms with van der Waals surface area (Å²) in [5, 5.41) is 3.51. The zero-order valence-corrected chi connectivity index (χ0v) is 13.3. The van der Waals surface area contributed by atoms with Crippen LogP contribution in [-0.2, 0) is 11.2 Å². The fraction of sp³-hybridized carbons (Fsp3) is 0.684. The van der Waals surface area contributed by atoms with Gasteiger partial charge in [-0.25, -0.2) is 0 Å². The molecule has 0 unspecified atom stereocenters. The molecule has 0 bridgehead atoms. The molecular formula is C19H27NO. The number of nitrogens with one attached hydrogen (secondary N) is 1. The summed E-state index contributed by atoms with van der Waals surface area (Å²) in [5.41, 5.74) is 3.75. The molecule has 2 atom stereocenters. The summed E-state index contributed by atoms with van der Waals surface area (Å²) in [6, 6.07) is 8.94. The molecular weight excluding hydrogens is 258 g/mol. The Labute approximate surface area is 128 Å². The predicted octanol–water partition coefficient (Wildman–Crippen LogP) is 3.72. The first-order valence-electron chi connectivity index (χ1n) is 8.50. The molecule has 1 spiro atoms. The Kier molecular flexibility index (Phi) is 3.16. The topological polar surface area (TPSA) is 21.3 Å². The normalized spacial score (nSPS) is 33.2. The fourth-order valence-electron chi connectivity index (χ4n) is 4.91. The third-order valence-corrected chi connectivity index (χ3v) is 6.26. The predicted molar refractivity (Wildman–Crippen MR) is 85.3 cm³/mol. The third-order valence-electron chi connectivity index (χ3n) is 6.26. The monoisotopic (exact) mass is 285 g/mol. The summed E-state index contributed by atoms with van der Waals surface area (Å²) in [7, 11) is 0. The second-order valence-corrected chi connectivity index (χ2v) is 8.16. The Hall–Kier alpha value is -0.860. The average Bonchev–Trinajstić information content (AvgIpc) is 2.48. The summed E-state index contributed by atoms with van der Waals surface area (Å²) < 4.78 is 6.51. The first kappa shape index (κ1) is 13.8. The Morgan fingerprint density at radius 2 is 1.90 bits per heavy atom. The zero-order valence-electron chi connectivity index (χ0n) is 13.3. The van der Waals surface area contributed by atoms with Crippen LogP contribution in [0.1, 0.15) is 50.3 Å². The van der Waals surface area contributed by atoms with Crippen molar-refractivity contribution in [1.82, 2.24) is 5.32 Å². The first-order chi connectivity index (χ1) is 10.1. The van der Waals surface area contributed by atoms with Crippen molar-refractivity contribution < 1.29 is 4.74 Å². The molecule has 0 saturated carbocycles. The van der Waals surface area contributed by atoms with E-state index in [1.54, 1.807) is 0 Å². The van der Waals surface area contributed by atoms with Crippen LogP contribution in [0.25, 0.3) is 0 Å². The van der Waals surface area contributed by atoms with Crippen LogP contribution in [0.3, 0.4) is 0 Å². The van der Waals surface area contributed by atoms with Gasteiger partial charge in [-0.15, -0.1) is 0 Å². The molecule has 0 aromatic heterocycles. The number of ether oxygens (including phenoxy) is 1. The summed E-state index contributed by atoms with van der Waals surface area (Å²) in [6.07, 6.45) is 5.44. The molecule has 3 aliphatic rings. The lowest BCUT2D eigenvalue weighted by atomic mass is 9.58. The van der Waals surface area contributed by atoms with Gasteiger partial charge in [-0.3, -0.25) is 0 Å². The zero-order chi connectivity index (χ0) is 14.5. The average molecular weight is 285 g/mol. The van der Waals surface area contributed by atoms with Gasteiger partial charge in [0.25, 0.3) is 0 Å². The van der Waals surface area contributed by atoms with Crippen molar-refractivity contribution in [3.8, 4) is 0 Å². The smallest absolute Gasteiger partial charge is 0.0861 e. The van der Waals surface area contributed by atoms with E-state index in [1.165, 1.54) is 36.8 Å². The van der Waals surface area contributed by atoms with Crippen LogP contribution < -0.4 is 5.32 Å². The molecule has 0 radical (unpaired) electrons. The van der Waals surface area contributed by atoms with E-state index in [9.17, 15) is 0 Å². The Balaban J connectivity index is 1.68. The van der Waals surface area contributed by atoms with Crippen molar-refractivity contribution in [2.24, 2.45) is 16.7 Å². The molecule has 21 heavy (non-hydrogen) atoms. The molecule has 2 nitrogen and oxygen atoms in total. The lowest BCUT2D eigenvalue weighted by Gasteiger charge is -2.54. The van der Waals surface area contributed by atoms with E-state index in [-0.39, 0.29) is 0 Å². The highest BCUT2D eigenvalue weighted by molar-refractivity contribution is 5.34. The molecule has 2 saturated heterocycles. The number of hydrogen-bond donors (Lipinski definition) is 1. The van der Waals surface area contributed by atoms with Gasteiger partial charge in [-0.2, -0.15) is 0 Å². The van der Waals surface area contributed by atoms with Gasteiger partial charge in [0.15, 0.2) is 0 Å². The molecule has 4 rings (SSSR count). The van der Waals surface area contributed by atoms with Crippen molar-refractivity contribution in [3.05, 3.63) is 35.4 Å². The van der Waals surface area contributed by atoms with E-state index in [2.05, 4.69) is 43.4 Å². The van der Waals surface area contributed by atoms with Crippen LogP contribution in [0, 0.1) is 16.7 Å². The van der Waals surface area contributed by atoms with Crippen molar-refractivity contribution >= 4 is 0 Å². The Bertz CT molecular complexity index is 530. The van der Waals surface area contributed by atoms with Crippen molar-refractivity contribution in [2.75, 3.05) is 19.7 Å². The number of piperidine rings is 1. The maximum absolute atomic E-state index is 6.51. The van der Waals surface area contributed by atoms with Crippen LogP contribution in [-0.4, -0.2) is 19.7 Å². The Morgan fingerprint density at radius 1 is 1.14 bits per heavy atom. The van der Waals surface area contributed by atoms with Crippen LogP contribution >= 0.6 is 0 Å². The highest BCUT2D eigenvalue weighted by Gasteiger charge is 2.50. The highest BCUT2D eigenvalue weighted by Crippen LogP contribution is 2.56. The molecule has 0 amide bonds. The molecule has 1 aliphatic carbocycles. The third kappa shape index (κ3) is 2.24. The van der Waals surface area contributed by atoms with Crippen molar-refractivity contribution in [1.29, 1.82) is 0 Å². The van der Waals surface area contributed by atoms with Gasteiger partial charge in [0.2, 0.25) is 0 Å². The molecule has 2 heterocycles. The van der Waals surface area contributed by atoms with Gasteiger partial charge >= 0.3 is 0 Å². The molecule has 2 aliphatic heterocycles. The number of rotatable bonds is 0. The van der Waals surface area contributed by atoms with Gasteiger partial charge in [0.05, 0.1) is 12.7 Å². The van der Waals surface area contributed by atoms with E-state index in [0.717, 1.165) is 19.7 Å². The van der Waals surface area contributed by atoms with Crippen LogP contribution in [0.5, 0.6) is 0 Å². The van der Waals surface area contributed by atoms with Crippen LogP contribution in [0.2, 0.25) is 0 Å². The van der Waals surface area contributed by atoms with Gasteiger partial charge in [0.1, 0.15) is 0 Å². The number of fused-ring (bicyclic) bond motifs is 3. The highest BCUT2D eigenvalue weighted by atomic mass is 16.5. The second-order valence-electron chi connectivity index (χ2n) is 8.16. The van der Waals surface area contributed by atoms with Gasteiger partial charge in [-0.05, 0) is 66.6 Å². The molecule has 2 fully saturated rings. The SMILES string of the molecule is CC1(C)Cc2ccccc2[C@@H]2OCC3(CCNCC3)C[C@H]21. The van der Waals surface area contributed by atoms with E-state index in [1.807, 2.05) is 0 Å². The van der Waals surface area contributed by atoms with Gasteiger partial charge in [-0.1, -0.05) is 38.1 Å². The van der Waals surface area contributed by atoms with E-state index in [4.69, 9.17) is 4.74 Å². The summed E-state index contributed by atoms with van der Waals surface area (Å²) in [6.45, 7) is 8.18. The van der Waals surface area contributed by atoms with Gasteiger partial charge < -0.3 is 10.1 Å². The summed E-state index contributed by atoms with van der Waals surface area (Å²) >= 11 is 0. The van der Waals surface area contributed by atoms with E-state index in [0.29, 0.717) is 22.9 Å². The van der Waals surface area contributed by atoms with Crippen molar-refractivity contribution in [3.63, 3.8) is 0 Å². The fourth-order valence-corrected chi connectivity index (χ4v) is 4.91. The van der Waals surface area contributed by atoms with E-state index < -0.39 is 0 Å². The first-order valence-corrected chi connectivity index (χ1v) is 8.50. The minimum atomic E-state index is 0.325. The molecule has 1 N–H and O–H groups in total. The lowest BCUT2D eigenvalue weighted by molar-refractivity contribution is -0.147. The minimum absolute atomic E-state index is 0.325. The lowest BCUT2D eigenvalue weighted by Crippen LogP contribution is -2.50. The molecule has 1 aromatic rings. The number of hydrogen-bond acceptors (Lipinski definition) is 2. The quantitative estimate of drug-likeness (QED) is 0.784. The van der Waals surface area contributed by atoms with Crippen LogP contribution in [0.4, 0.5) is 0 Å². The standard InChI is InChI=1S/C19H27NO/c1-18(2)11-14-5-3-4-6-15(14)17-16(18)12-19(13-21-17)7-9-20-10-8-19/h3-6,16-17,20H,7-13H2,1-2H3/t16-,17+/m1/s1. The van der Waals surface area contributed by atoms with Crippen LogP contribution in [0.15, 0.2) is 24.3 Å². The minimum Gasteiger partial charge on any atom is -0.373 e. The Morgan fingerprint density at radius 3 is 2.71 bits per heavy atom. The maximum Gasteiger partial charge on any atom is 0.0861 e. The second kappa shape index (κ2) is 4.82. The largest absolute Gasteiger partial charge is 0.373 e. The number of benzene rings is 1. The molecule has 2 heteroatoms. The molecule has 1 aromatic carbocycles. The van der Waals surface area contributed by atoms with E-state index >= 15 is 0 Å².